The third kappa shape index (κ3) is 4.44. The van der Waals surface area contributed by atoms with Crippen LogP contribution in [0.5, 0.6) is 0 Å². The molecule has 0 spiro atoms. The number of aryl methyl sites for hydroxylation is 1. The molecule has 2 saturated carbocycles. The van der Waals surface area contributed by atoms with Gasteiger partial charge in [-0.1, -0.05) is 111 Å². The van der Waals surface area contributed by atoms with E-state index in [1.54, 1.807) is 0 Å². The lowest BCUT2D eigenvalue weighted by molar-refractivity contribution is -0.128. The van der Waals surface area contributed by atoms with Crippen molar-refractivity contribution in [3.05, 3.63) is 101 Å². The number of carbonyl (C=O) groups is 2. The average molecular weight is 439 g/mol. The van der Waals surface area contributed by atoms with E-state index in [1.165, 1.54) is 12.0 Å². The van der Waals surface area contributed by atoms with Crippen molar-refractivity contribution >= 4 is 17.6 Å². The topological polar surface area (TPSA) is 34.1 Å². The molecule has 3 aliphatic rings. The van der Waals surface area contributed by atoms with E-state index in [9.17, 15) is 9.59 Å². The van der Waals surface area contributed by atoms with Gasteiger partial charge in [0.15, 0.2) is 5.78 Å². The van der Waals surface area contributed by atoms with Crippen LogP contribution in [0.15, 0.2) is 84.5 Å². The first-order chi connectivity index (χ1) is 15.7. The molecular weight excluding hydrogens is 404 g/mol. The monoisotopic (exact) mass is 438 g/mol. The summed E-state index contributed by atoms with van der Waals surface area (Å²) in [5.74, 6) is 1.12. The first-order valence-electron chi connectivity index (χ1n) is 12.0. The zero-order valence-corrected chi connectivity index (χ0v) is 20.2. The Labute approximate surface area is 198 Å². The minimum Gasteiger partial charge on any atom is -0.299 e. The van der Waals surface area contributed by atoms with Crippen molar-refractivity contribution in [3.63, 3.8) is 0 Å². The van der Waals surface area contributed by atoms with Gasteiger partial charge in [-0.25, -0.2) is 0 Å². The Bertz CT molecular complexity index is 1120. The standard InChI is InChI=1S/C21H18O.C10H16O/c1-16-11-13-17(14-12-16)15-19-9-5-6-10-20(19)21(22)18-7-3-2-4-8-18;1-9(2)7-4-5-10(9,3)8(11)6-7/h2-15,20H,1H3;7H,4-6H2,1-3H3. The Morgan fingerprint density at radius 2 is 1.67 bits per heavy atom. The Kier molecular flexibility index (Phi) is 6.38. The van der Waals surface area contributed by atoms with Crippen LogP contribution in [0.1, 0.15) is 61.5 Å². The molecule has 33 heavy (non-hydrogen) atoms. The van der Waals surface area contributed by atoms with E-state index >= 15 is 0 Å². The minimum atomic E-state index is -0.214. The van der Waals surface area contributed by atoms with Crippen LogP contribution in [0.4, 0.5) is 0 Å². The van der Waals surface area contributed by atoms with Crippen LogP contribution in [0.2, 0.25) is 0 Å². The summed E-state index contributed by atoms with van der Waals surface area (Å²) in [5.41, 5.74) is 4.44. The van der Waals surface area contributed by atoms with Gasteiger partial charge in [-0.05, 0) is 42.2 Å². The second kappa shape index (κ2) is 9.09. The first-order valence-corrected chi connectivity index (χ1v) is 12.0. The first kappa shape index (κ1) is 23.2. The van der Waals surface area contributed by atoms with E-state index in [0.717, 1.165) is 29.5 Å². The predicted octanol–water partition coefficient (Wildman–Crippen LogP) is 7.41. The molecule has 2 aromatic carbocycles. The van der Waals surface area contributed by atoms with Crippen molar-refractivity contribution in [2.45, 2.75) is 47.0 Å². The summed E-state index contributed by atoms with van der Waals surface area (Å²) < 4.78 is 0. The quantitative estimate of drug-likeness (QED) is 0.468. The van der Waals surface area contributed by atoms with Gasteiger partial charge in [0.05, 0.1) is 5.92 Å². The maximum absolute atomic E-state index is 12.7. The summed E-state index contributed by atoms with van der Waals surface area (Å²) in [5, 5.41) is 0. The van der Waals surface area contributed by atoms with E-state index < -0.39 is 0 Å². The van der Waals surface area contributed by atoms with Crippen LogP contribution in [-0.4, -0.2) is 11.6 Å². The van der Waals surface area contributed by atoms with Crippen LogP contribution in [0.25, 0.3) is 6.08 Å². The molecule has 0 heterocycles. The SMILES string of the molecule is CC12CCC(CC1=O)C2(C)C.Cc1ccc(C=C2C=CC=CC2C(=O)c2ccccc2)cc1. The lowest BCUT2D eigenvalue weighted by atomic mass is 9.70. The van der Waals surface area contributed by atoms with Gasteiger partial charge in [-0.2, -0.15) is 0 Å². The third-order valence-corrected chi connectivity index (χ3v) is 8.30. The van der Waals surface area contributed by atoms with Crippen LogP contribution >= 0.6 is 0 Å². The molecule has 5 rings (SSSR count). The van der Waals surface area contributed by atoms with Crippen LogP contribution in [0.3, 0.4) is 0 Å². The van der Waals surface area contributed by atoms with Crippen LogP contribution in [-0.2, 0) is 4.79 Å². The molecule has 2 heteroatoms. The average Bonchev–Trinajstić information content (AvgIpc) is 3.15. The van der Waals surface area contributed by atoms with Gasteiger partial charge in [0.1, 0.15) is 5.78 Å². The molecule has 3 atom stereocenters. The van der Waals surface area contributed by atoms with Gasteiger partial charge in [-0.15, -0.1) is 0 Å². The Morgan fingerprint density at radius 1 is 0.970 bits per heavy atom. The molecule has 0 N–H and O–H groups in total. The number of fused-ring (bicyclic) bond motifs is 2. The summed E-state index contributed by atoms with van der Waals surface area (Å²) >= 11 is 0. The van der Waals surface area contributed by atoms with Crippen molar-refractivity contribution < 1.29 is 9.59 Å². The normalized spacial score (nSPS) is 28.0. The fourth-order valence-electron chi connectivity index (χ4n) is 5.47. The second-order valence-electron chi connectivity index (χ2n) is 10.4. The van der Waals surface area contributed by atoms with E-state index in [0.29, 0.717) is 11.7 Å². The highest BCUT2D eigenvalue weighted by atomic mass is 16.1. The third-order valence-electron chi connectivity index (χ3n) is 8.30. The minimum absolute atomic E-state index is 0.0255. The van der Waals surface area contributed by atoms with E-state index in [-0.39, 0.29) is 22.5 Å². The number of benzene rings is 2. The van der Waals surface area contributed by atoms with Gasteiger partial charge < -0.3 is 0 Å². The molecular formula is C31H34O2. The van der Waals surface area contributed by atoms with Crippen molar-refractivity contribution in [1.82, 2.24) is 0 Å². The number of ketones is 2. The van der Waals surface area contributed by atoms with Gasteiger partial charge >= 0.3 is 0 Å². The molecule has 2 bridgehead atoms. The molecule has 2 nitrogen and oxygen atoms in total. The summed E-state index contributed by atoms with van der Waals surface area (Å²) in [6.45, 7) is 8.75. The number of hydrogen-bond acceptors (Lipinski definition) is 2. The van der Waals surface area contributed by atoms with E-state index in [4.69, 9.17) is 0 Å². The number of Topliss-reactive ketones (excluding diaryl/α,β-unsaturated/α-hetero) is 2. The summed E-state index contributed by atoms with van der Waals surface area (Å²) in [7, 11) is 0. The summed E-state index contributed by atoms with van der Waals surface area (Å²) in [6, 6.07) is 17.8. The molecule has 0 radical (unpaired) electrons. The number of carbonyl (C=O) groups excluding carboxylic acids is 2. The molecule has 2 aromatic rings. The summed E-state index contributed by atoms with van der Waals surface area (Å²) in [4.78, 5) is 24.3. The molecule has 170 valence electrons. The Balaban J connectivity index is 0.000000196. The molecule has 3 aliphatic carbocycles. The lowest BCUT2D eigenvalue weighted by Gasteiger charge is -2.32. The van der Waals surface area contributed by atoms with E-state index in [2.05, 4.69) is 58.0 Å². The van der Waals surface area contributed by atoms with Crippen molar-refractivity contribution in [2.75, 3.05) is 0 Å². The number of rotatable bonds is 3. The zero-order valence-electron chi connectivity index (χ0n) is 20.2. The molecule has 3 unspecified atom stereocenters. The number of allylic oxidation sites excluding steroid dienone is 5. The van der Waals surface area contributed by atoms with Gasteiger partial charge in [-0.3, -0.25) is 9.59 Å². The molecule has 0 aromatic heterocycles. The summed E-state index contributed by atoms with van der Waals surface area (Å²) in [6.07, 6.45) is 13.3. The van der Waals surface area contributed by atoms with Gasteiger partial charge in [0, 0.05) is 17.4 Å². The lowest BCUT2D eigenvalue weighted by Crippen LogP contribution is -2.32. The largest absolute Gasteiger partial charge is 0.299 e. The highest BCUT2D eigenvalue weighted by molar-refractivity contribution is 6.02. The van der Waals surface area contributed by atoms with Crippen LogP contribution in [0, 0.1) is 29.6 Å². The smallest absolute Gasteiger partial charge is 0.174 e. The predicted molar refractivity (Wildman–Crippen MR) is 136 cm³/mol. The fourth-order valence-corrected chi connectivity index (χ4v) is 5.47. The maximum Gasteiger partial charge on any atom is 0.174 e. The molecule has 2 fully saturated rings. The Hall–Kier alpha value is -3.00. The van der Waals surface area contributed by atoms with E-state index in [1.807, 2.05) is 54.6 Å². The van der Waals surface area contributed by atoms with Crippen molar-refractivity contribution in [2.24, 2.45) is 22.7 Å². The highest BCUT2D eigenvalue weighted by Gasteiger charge is 2.61. The highest BCUT2D eigenvalue weighted by Crippen LogP contribution is 2.63. The fraction of sp³-hybridized carbons (Fsp3) is 0.355. The Morgan fingerprint density at radius 3 is 2.21 bits per heavy atom. The zero-order chi connectivity index (χ0) is 23.6. The van der Waals surface area contributed by atoms with Gasteiger partial charge in [0.2, 0.25) is 0 Å². The van der Waals surface area contributed by atoms with Crippen LogP contribution < -0.4 is 0 Å². The molecule has 0 amide bonds. The second-order valence-corrected chi connectivity index (χ2v) is 10.4. The number of hydrogen-bond donors (Lipinski definition) is 0. The molecule has 0 saturated heterocycles. The van der Waals surface area contributed by atoms with Gasteiger partial charge in [0.25, 0.3) is 0 Å². The van der Waals surface area contributed by atoms with Crippen molar-refractivity contribution in [3.8, 4) is 0 Å². The maximum atomic E-state index is 12.7. The van der Waals surface area contributed by atoms with Crippen molar-refractivity contribution in [1.29, 1.82) is 0 Å². The molecule has 0 aliphatic heterocycles.